The first-order valence-corrected chi connectivity index (χ1v) is 10.0. The van der Waals surface area contributed by atoms with Gasteiger partial charge in [0.1, 0.15) is 0 Å². The molecular weight excluding hydrogens is 340 g/mol. The van der Waals surface area contributed by atoms with E-state index in [0.717, 1.165) is 12.8 Å². The minimum Gasteiger partial charge on any atom is -0.463 e. The third kappa shape index (κ3) is 7.00. The van der Waals surface area contributed by atoms with E-state index in [1.807, 2.05) is 0 Å². The number of hydrogen-bond donors (Lipinski definition) is 0. The van der Waals surface area contributed by atoms with Crippen LogP contribution >= 0.6 is 0 Å². The highest BCUT2D eigenvalue weighted by Gasteiger charge is 2.28. The molecule has 27 heavy (non-hydrogen) atoms. The van der Waals surface area contributed by atoms with Gasteiger partial charge < -0.3 is 9.47 Å². The second kappa shape index (κ2) is 10.5. The Hall–Kier alpha value is -1.84. The Balaban J connectivity index is 2.85. The van der Waals surface area contributed by atoms with E-state index in [2.05, 4.69) is 46.8 Å². The second-order valence-electron chi connectivity index (χ2n) is 8.17. The number of esters is 2. The summed E-state index contributed by atoms with van der Waals surface area (Å²) in [6, 6.07) is 0. The van der Waals surface area contributed by atoms with E-state index in [9.17, 15) is 9.59 Å². The summed E-state index contributed by atoms with van der Waals surface area (Å²) >= 11 is 0. The highest BCUT2D eigenvalue weighted by molar-refractivity contribution is 6.01. The van der Waals surface area contributed by atoms with Crippen molar-refractivity contribution >= 4 is 11.9 Å². The van der Waals surface area contributed by atoms with Crippen LogP contribution < -0.4 is 0 Å². The molecule has 1 atom stereocenters. The van der Waals surface area contributed by atoms with Crippen molar-refractivity contribution in [3.05, 3.63) is 34.4 Å². The van der Waals surface area contributed by atoms with Gasteiger partial charge in [-0.3, -0.25) is 0 Å². The van der Waals surface area contributed by atoms with Gasteiger partial charge in [-0.2, -0.15) is 0 Å². The van der Waals surface area contributed by atoms with Gasteiger partial charge in [0.15, 0.2) is 0 Å². The minimum atomic E-state index is -0.410. The Kier molecular flexibility index (Phi) is 9.01. The molecule has 0 aliphatic heterocycles. The lowest BCUT2D eigenvalue weighted by Crippen LogP contribution is -2.20. The van der Waals surface area contributed by atoms with Crippen LogP contribution in [-0.2, 0) is 19.1 Å². The Labute approximate surface area is 164 Å². The first kappa shape index (κ1) is 23.2. The number of carbonyl (C=O) groups excluding carboxylic acids is 2. The summed E-state index contributed by atoms with van der Waals surface area (Å²) in [5.41, 5.74) is 3.69. The van der Waals surface area contributed by atoms with E-state index >= 15 is 0 Å². The predicted octanol–water partition coefficient (Wildman–Crippen LogP) is 5.54. The zero-order valence-corrected chi connectivity index (χ0v) is 18.1. The highest BCUT2D eigenvalue weighted by Crippen LogP contribution is 2.33. The van der Waals surface area contributed by atoms with Gasteiger partial charge in [-0.15, -0.1) is 0 Å². The molecule has 1 unspecified atom stereocenters. The minimum absolute atomic E-state index is 0.196. The smallest absolute Gasteiger partial charge is 0.334 e. The Morgan fingerprint density at radius 2 is 1.67 bits per heavy atom. The van der Waals surface area contributed by atoms with E-state index in [4.69, 9.17) is 9.47 Å². The van der Waals surface area contributed by atoms with Crippen LogP contribution in [0, 0.1) is 11.3 Å². The average Bonchev–Trinajstić information content (AvgIpc) is 2.60. The van der Waals surface area contributed by atoms with Crippen LogP contribution in [0.4, 0.5) is 0 Å². The first-order valence-electron chi connectivity index (χ1n) is 10.0. The lowest BCUT2D eigenvalue weighted by atomic mass is 9.83. The number of allylic oxidation sites excluding steroid dienone is 4. The van der Waals surface area contributed by atoms with Crippen molar-refractivity contribution in [1.82, 2.24) is 0 Å². The maximum atomic E-state index is 12.4. The fraction of sp³-hybridized carbons (Fsp3) is 0.652. The summed E-state index contributed by atoms with van der Waals surface area (Å²) in [5, 5.41) is 0. The molecular formula is C23H36O4. The summed E-state index contributed by atoms with van der Waals surface area (Å²) in [5.74, 6) is -0.462. The van der Waals surface area contributed by atoms with E-state index < -0.39 is 11.9 Å². The fourth-order valence-corrected chi connectivity index (χ4v) is 2.99. The van der Waals surface area contributed by atoms with Crippen LogP contribution in [0.1, 0.15) is 74.1 Å². The Morgan fingerprint density at radius 1 is 1.11 bits per heavy atom. The molecule has 0 heterocycles. The zero-order valence-electron chi connectivity index (χ0n) is 18.1. The van der Waals surface area contributed by atoms with Gasteiger partial charge in [0, 0.05) is 6.42 Å². The van der Waals surface area contributed by atoms with Crippen LogP contribution in [0.2, 0.25) is 0 Å². The van der Waals surface area contributed by atoms with Crippen molar-refractivity contribution in [2.45, 2.75) is 74.1 Å². The summed E-state index contributed by atoms with van der Waals surface area (Å²) < 4.78 is 10.3. The number of carbonyl (C=O) groups is 2. The van der Waals surface area contributed by atoms with Crippen molar-refractivity contribution < 1.29 is 19.1 Å². The zero-order chi connectivity index (χ0) is 20.6. The largest absolute Gasteiger partial charge is 0.463 e. The molecule has 0 aromatic carbocycles. The van der Waals surface area contributed by atoms with E-state index in [-0.39, 0.29) is 5.41 Å². The average molecular weight is 377 g/mol. The fourth-order valence-electron chi connectivity index (χ4n) is 2.99. The molecule has 0 aromatic rings. The third-order valence-electron chi connectivity index (χ3n) is 5.22. The molecule has 0 aromatic heterocycles. The molecule has 0 saturated carbocycles. The van der Waals surface area contributed by atoms with Gasteiger partial charge in [0.25, 0.3) is 0 Å². The number of hydrogen-bond acceptors (Lipinski definition) is 4. The monoisotopic (exact) mass is 376 g/mol. The van der Waals surface area contributed by atoms with Crippen LogP contribution in [0.3, 0.4) is 0 Å². The van der Waals surface area contributed by atoms with Crippen LogP contribution in [-0.4, -0.2) is 25.2 Å². The Bertz CT molecular complexity index is 629. The molecule has 0 saturated heterocycles. The molecule has 0 radical (unpaired) electrons. The summed E-state index contributed by atoms with van der Waals surface area (Å²) in [6.07, 6.45) is 7.32. The topological polar surface area (TPSA) is 52.6 Å². The molecule has 0 N–H and O–H groups in total. The van der Waals surface area contributed by atoms with Gasteiger partial charge in [-0.1, -0.05) is 51.0 Å². The van der Waals surface area contributed by atoms with Crippen molar-refractivity contribution in [2.75, 3.05) is 13.2 Å². The van der Waals surface area contributed by atoms with Crippen molar-refractivity contribution in [3.8, 4) is 0 Å². The highest BCUT2D eigenvalue weighted by atomic mass is 16.5. The quantitative estimate of drug-likeness (QED) is 0.412. The molecule has 4 heteroatoms. The van der Waals surface area contributed by atoms with E-state index in [0.29, 0.717) is 43.1 Å². The van der Waals surface area contributed by atoms with Gasteiger partial charge in [0.2, 0.25) is 0 Å². The number of ether oxygens (including phenoxy) is 2. The van der Waals surface area contributed by atoms with Crippen LogP contribution in [0.25, 0.3) is 0 Å². The maximum absolute atomic E-state index is 12.4. The summed E-state index contributed by atoms with van der Waals surface area (Å²) in [7, 11) is 0. The van der Waals surface area contributed by atoms with Crippen molar-refractivity contribution in [3.63, 3.8) is 0 Å². The molecule has 1 aliphatic rings. The molecule has 152 valence electrons. The SMILES string of the molecule is CCOC(=O)C1=C(C(=O)OCC)CC(C(C)CC/C=C(\C)C(C)(C)C)=CC1. The lowest BCUT2D eigenvalue weighted by molar-refractivity contribution is -0.142. The standard InChI is InChI=1S/C23H36O4/c1-8-26-21(24)19-14-13-18(15-20(19)22(25)27-9-2)16(3)11-10-12-17(4)23(5,6)7/h12-13,16H,8-11,14-15H2,1-7H3/b17-12+. The predicted molar refractivity (Wildman–Crippen MR) is 109 cm³/mol. The van der Waals surface area contributed by atoms with Crippen LogP contribution in [0.5, 0.6) is 0 Å². The van der Waals surface area contributed by atoms with Crippen molar-refractivity contribution in [2.24, 2.45) is 11.3 Å². The molecule has 1 aliphatic carbocycles. The summed E-state index contributed by atoms with van der Waals surface area (Å²) in [4.78, 5) is 24.6. The molecule has 0 amide bonds. The normalized spacial score (nSPS) is 16.7. The maximum Gasteiger partial charge on any atom is 0.334 e. The van der Waals surface area contributed by atoms with E-state index in [1.54, 1.807) is 13.8 Å². The summed E-state index contributed by atoms with van der Waals surface area (Å²) in [6.45, 7) is 15.2. The molecule has 4 nitrogen and oxygen atoms in total. The molecule has 0 bridgehead atoms. The van der Waals surface area contributed by atoms with Gasteiger partial charge in [0.05, 0.1) is 24.4 Å². The van der Waals surface area contributed by atoms with Gasteiger partial charge in [-0.05, 0) is 51.4 Å². The Morgan fingerprint density at radius 3 is 2.19 bits per heavy atom. The third-order valence-corrected chi connectivity index (χ3v) is 5.22. The van der Waals surface area contributed by atoms with Gasteiger partial charge in [-0.25, -0.2) is 9.59 Å². The number of rotatable bonds is 8. The molecule has 0 fully saturated rings. The molecule has 0 spiro atoms. The first-order chi connectivity index (χ1) is 12.6. The lowest BCUT2D eigenvalue weighted by Gasteiger charge is -2.23. The second-order valence-corrected chi connectivity index (χ2v) is 8.17. The van der Waals surface area contributed by atoms with Crippen molar-refractivity contribution in [1.29, 1.82) is 0 Å². The molecule has 1 rings (SSSR count). The van der Waals surface area contributed by atoms with Crippen LogP contribution in [0.15, 0.2) is 34.4 Å². The van der Waals surface area contributed by atoms with Gasteiger partial charge >= 0.3 is 11.9 Å². The van der Waals surface area contributed by atoms with E-state index in [1.165, 1.54) is 11.1 Å².